The van der Waals surface area contributed by atoms with E-state index in [4.69, 9.17) is 34.8 Å². The summed E-state index contributed by atoms with van der Waals surface area (Å²) in [5.41, 5.74) is 8.79. The quantitative estimate of drug-likeness (QED) is 0.0128. The summed E-state index contributed by atoms with van der Waals surface area (Å²) in [6, 6.07) is 25.6. The van der Waals surface area contributed by atoms with Gasteiger partial charge in [-0.3, -0.25) is 43.7 Å². The first-order chi connectivity index (χ1) is 54.5. The number of carbonyl (C=O) groups excluding carboxylic acids is 8. The van der Waals surface area contributed by atoms with E-state index in [0.717, 1.165) is 64.7 Å². The maximum absolute atomic E-state index is 14.4. The molecule has 10 atom stereocenters. The molecule has 2 bridgehead atoms. The van der Waals surface area contributed by atoms with Crippen LogP contribution in [0, 0.1) is 23.7 Å². The molecule has 608 valence electrons. The molecular formula is C82H100N12O19S. The van der Waals surface area contributed by atoms with Gasteiger partial charge in [0.15, 0.2) is 23.2 Å². The SMILES string of the molecule is CCCC1(OCCN(CCCO[C@H]2O[C@@H](C(=O)O)[C@H](O)[C@@H](O)[C@@H]2O)C(=O)OCc2ccc(NC(=O)[C@H](CCCNC(N)=O)NC(=O)[C@@H](NC(=O)CCCCCN3C(=O)C=CC3=O)C(C)C)cc2)CC2(C)CCCC(Cn3ncc(-c4ccc(-c5ccc6cccc(C(=O)Nc7nc8ccccc8s7)c6c5)nc4C(=O)O)c3C)(C2)C1. The lowest BCUT2D eigenvalue weighted by Gasteiger charge is -2.58. The highest BCUT2D eigenvalue weighted by Crippen LogP contribution is 2.61. The number of carboxylic acids is 2. The van der Waals surface area contributed by atoms with Gasteiger partial charge in [-0.15, -0.1) is 0 Å². The molecule has 0 radical (unpaired) electrons. The topological polar surface area (TPSA) is 445 Å². The summed E-state index contributed by atoms with van der Waals surface area (Å²) >= 11 is 1.37. The van der Waals surface area contributed by atoms with Crippen molar-refractivity contribution in [2.45, 2.75) is 192 Å². The molecular weight excluding hydrogens is 1490 g/mol. The van der Waals surface area contributed by atoms with Gasteiger partial charge < -0.3 is 76.4 Å². The molecule has 11 rings (SSSR count). The van der Waals surface area contributed by atoms with Crippen LogP contribution in [0.4, 0.5) is 20.4 Å². The number of para-hydroxylation sites is 1. The summed E-state index contributed by atoms with van der Waals surface area (Å²) in [5.74, 6) is -5.95. The molecule has 7 aromatic rings. The van der Waals surface area contributed by atoms with Crippen LogP contribution in [0.1, 0.15) is 156 Å². The molecule has 4 aliphatic rings. The fourth-order valence-electron chi connectivity index (χ4n) is 16.4. The zero-order valence-electron chi connectivity index (χ0n) is 64.5. The molecule has 2 aliphatic carbocycles. The molecule has 4 aromatic carbocycles. The first-order valence-electron chi connectivity index (χ1n) is 38.7. The van der Waals surface area contributed by atoms with E-state index in [0.29, 0.717) is 88.4 Å². The van der Waals surface area contributed by atoms with Crippen molar-refractivity contribution in [3.05, 3.63) is 138 Å². The molecule has 2 saturated carbocycles. The number of fused-ring (bicyclic) bond motifs is 4. The number of benzene rings is 4. The third kappa shape index (κ3) is 20.8. The Bertz CT molecular complexity index is 4670. The van der Waals surface area contributed by atoms with Gasteiger partial charge in [0, 0.05) is 84.9 Å². The van der Waals surface area contributed by atoms with Crippen LogP contribution in [0.25, 0.3) is 43.4 Å². The van der Waals surface area contributed by atoms with Crippen molar-refractivity contribution in [3.63, 3.8) is 0 Å². The monoisotopic (exact) mass is 1590 g/mol. The minimum atomic E-state index is -1.93. The number of rotatable bonds is 37. The van der Waals surface area contributed by atoms with E-state index in [1.165, 1.54) is 28.4 Å². The van der Waals surface area contributed by atoms with Crippen LogP contribution in [0.15, 0.2) is 115 Å². The summed E-state index contributed by atoms with van der Waals surface area (Å²) in [5, 5.41) is 72.6. The number of urea groups is 1. The highest BCUT2D eigenvalue weighted by molar-refractivity contribution is 7.22. The second kappa shape index (κ2) is 37.6. The number of amides is 9. The Kier molecular flexibility index (Phi) is 27.8. The van der Waals surface area contributed by atoms with Crippen LogP contribution in [0.3, 0.4) is 0 Å². The van der Waals surface area contributed by atoms with Gasteiger partial charge in [-0.1, -0.05) is 107 Å². The number of pyridine rings is 1. The number of unbranched alkanes of at least 4 members (excludes halogenated alkanes) is 2. The fraction of sp³-hybridized carbons (Fsp3) is 0.476. The number of ether oxygens (including phenoxy) is 4. The first-order valence-corrected chi connectivity index (χ1v) is 39.5. The number of hydrogen-bond donors (Lipinski definition) is 11. The Balaban J connectivity index is 0.747. The van der Waals surface area contributed by atoms with Crippen LogP contribution in [-0.2, 0) is 60.9 Å². The van der Waals surface area contributed by atoms with Crippen LogP contribution in [-0.4, -0.2) is 202 Å². The number of hydrogen-bond acceptors (Lipinski definition) is 21. The van der Waals surface area contributed by atoms with Crippen molar-refractivity contribution in [3.8, 4) is 22.4 Å². The van der Waals surface area contributed by atoms with Crippen LogP contribution in [0.2, 0.25) is 0 Å². The van der Waals surface area contributed by atoms with Gasteiger partial charge in [-0.25, -0.2) is 29.1 Å². The number of anilines is 2. The van der Waals surface area contributed by atoms with Gasteiger partial charge in [0.25, 0.3) is 17.7 Å². The largest absolute Gasteiger partial charge is 0.479 e. The van der Waals surface area contributed by atoms with Crippen molar-refractivity contribution in [1.29, 1.82) is 0 Å². The predicted octanol–water partition coefficient (Wildman–Crippen LogP) is 8.99. The number of primary amides is 1. The number of carboxylic acid groups (broad SMARTS) is 2. The standard InChI is InChI=1S/C82H100N12O19S/c1-6-32-82(45-80(5)33-14-34-81(44-80,46-82)47-94-49(4)57(42-85-94)54-28-29-58(87-66(54)74(104)105)52-25-24-51-16-12-17-55(56(51)41-52)71(101)91-78-89-59-18-9-10-20-61(59)114-78)112-40-38-92(36-15-39-110-76-69(100)67(98)68(99)70(113-76)75(106)107)79(109)111-43-50-22-26-53(27-23-50)86-72(102)60(19-13-35-84-77(83)108)88-73(103)65(48(2)3)90-62(95)21-8-7-11-37-93-63(96)30-31-64(93)97/h9-10,12,16-18,20,22-31,41-42,48,60,65,67-70,76,98-100H,6-8,11,13-15,19,21,32-40,43-47H2,1-5H3,(H,86,102)(H,88,103)(H,90,95)(H,104,105)(H,106,107)(H3,83,84,108)(H,89,91,101)/t60-,65-,67+,68+,69-,70+,76-,80?,81?,82?/m0/s1. The third-order valence-corrected chi connectivity index (χ3v) is 22.6. The van der Waals surface area contributed by atoms with E-state index in [-0.39, 0.29) is 106 Å². The van der Waals surface area contributed by atoms with Crippen molar-refractivity contribution < 1.29 is 92.4 Å². The average Bonchev–Trinajstić information content (AvgIpc) is 1.03. The summed E-state index contributed by atoms with van der Waals surface area (Å²) in [6.45, 7) is 10.3. The van der Waals surface area contributed by atoms with Gasteiger partial charge >= 0.3 is 24.1 Å². The molecule has 5 heterocycles. The molecule has 114 heavy (non-hydrogen) atoms. The third-order valence-electron chi connectivity index (χ3n) is 21.7. The van der Waals surface area contributed by atoms with Crippen LogP contribution < -0.4 is 32.3 Å². The fourth-order valence-corrected chi connectivity index (χ4v) is 17.2. The Hall–Kier alpha value is -10.6. The summed E-state index contributed by atoms with van der Waals surface area (Å²) in [4.78, 5) is 142. The molecule has 12 N–H and O–H groups in total. The predicted molar refractivity (Wildman–Crippen MR) is 421 cm³/mol. The highest BCUT2D eigenvalue weighted by atomic mass is 32.1. The number of nitrogens with one attached hydrogen (secondary N) is 5. The molecule has 9 amide bonds. The van der Waals surface area contributed by atoms with Gasteiger partial charge in [0.1, 0.15) is 37.0 Å². The molecule has 0 spiro atoms. The average molecular weight is 1590 g/mol. The minimum absolute atomic E-state index is 0.000188. The van der Waals surface area contributed by atoms with E-state index in [1.54, 1.807) is 62.5 Å². The maximum atomic E-state index is 14.4. The number of aliphatic hydroxyl groups excluding tert-OH is 3. The number of nitrogens with two attached hydrogens (primary N) is 1. The van der Waals surface area contributed by atoms with Gasteiger partial charge in [-0.05, 0) is 159 Å². The second-order valence-electron chi connectivity index (χ2n) is 30.8. The number of aliphatic carboxylic acids is 1. The van der Waals surface area contributed by atoms with Gasteiger partial charge in [0.2, 0.25) is 17.7 Å². The number of aliphatic hydroxyl groups is 3. The smallest absolute Gasteiger partial charge is 0.410 e. The molecule has 2 aliphatic heterocycles. The Morgan fingerprint density at radius 3 is 2.29 bits per heavy atom. The lowest BCUT2D eigenvalue weighted by Crippen LogP contribution is -2.60. The second-order valence-corrected chi connectivity index (χ2v) is 31.8. The number of imide groups is 1. The number of aromatic carboxylic acids is 1. The molecule has 1 saturated heterocycles. The molecule has 3 fully saturated rings. The van der Waals surface area contributed by atoms with Gasteiger partial charge in [0.05, 0.1) is 40.9 Å². The first kappa shape index (κ1) is 84.3. The molecule has 31 nitrogen and oxygen atoms in total. The van der Waals surface area contributed by atoms with E-state index >= 15 is 0 Å². The van der Waals surface area contributed by atoms with E-state index < -0.39 is 96.1 Å². The number of aromatic nitrogens is 4. The lowest BCUT2D eigenvalue weighted by molar-refractivity contribution is -0.294. The summed E-state index contributed by atoms with van der Waals surface area (Å²) < 4.78 is 27.1. The van der Waals surface area contributed by atoms with Crippen molar-refractivity contribution in [1.82, 2.24) is 45.5 Å². The zero-order valence-corrected chi connectivity index (χ0v) is 65.3. The van der Waals surface area contributed by atoms with Crippen LogP contribution in [0.5, 0.6) is 0 Å². The maximum Gasteiger partial charge on any atom is 0.410 e. The van der Waals surface area contributed by atoms with E-state index in [2.05, 4.69) is 45.4 Å². The van der Waals surface area contributed by atoms with Crippen molar-refractivity contribution >= 4 is 103 Å². The Morgan fingerprint density at radius 2 is 1.56 bits per heavy atom. The number of carbonyl (C=O) groups is 10. The summed E-state index contributed by atoms with van der Waals surface area (Å²) in [7, 11) is 0. The normalized spacial score (nSPS) is 21.8. The number of thiazole rings is 1. The van der Waals surface area contributed by atoms with E-state index in [9.17, 15) is 73.5 Å². The molecule has 32 heteroatoms. The zero-order chi connectivity index (χ0) is 81.6. The van der Waals surface area contributed by atoms with E-state index in [1.807, 2.05) is 66.2 Å². The Labute approximate surface area is 662 Å². The Morgan fingerprint density at radius 1 is 0.789 bits per heavy atom. The van der Waals surface area contributed by atoms with Crippen LogP contribution >= 0.6 is 11.3 Å². The minimum Gasteiger partial charge on any atom is -0.479 e. The number of nitrogens with zero attached hydrogens (tertiary/aromatic N) is 6. The van der Waals surface area contributed by atoms with Gasteiger partial charge in [-0.2, -0.15) is 5.10 Å². The summed E-state index contributed by atoms with van der Waals surface area (Å²) in [6.07, 6.45) is 2.65. The van der Waals surface area contributed by atoms with Crippen molar-refractivity contribution in [2.24, 2.45) is 22.5 Å². The lowest BCUT2D eigenvalue weighted by atomic mass is 9.51. The highest BCUT2D eigenvalue weighted by Gasteiger charge is 2.56. The molecule has 3 aromatic heterocycles. The molecule has 3 unspecified atom stereocenters. The van der Waals surface area contributed by atoms with Crippen molar-refractivity contribution in [2.75, 3.05) is 50.0 Å².